The number of hydrogen-bond acceptors (Lipinski definition) is 2. The first-order valence-electron chi connectivity index (χ1n) is 7.62. The largest absolute Gasteiger partial charge is 0.314 e. The Hall–Kier alpha value is -0.640. The Morgan fingerprint density at radius 3 is 2.75 bits per heavy atom. The van der Waals surface area contributed by atoms with Crippen LogP contribution in [0.3, 0.4) is 0 Å². The molecule has 1 N–H and O–H groups in total. The molecule has 0 bridgehead atoms. The van der Waals surface area contributed by atoms with Crippen molar-refractivity contribution in [1.82, 2.24) is 10.2 Å². The highest BCUT2D eigenvalue weighted by Crippen LogP contribution is 2.31. The summed E-state index contributed by atoms with van der Waals surface area (Å²) in [6, 6.07) is 5.53. The molecule has 0 spiro atoms. The summed E-state index contributed by atoms with van der Waals surface area (Å²) < 4.78 is 14.3. The zero-order valence-electron chi connectivity index (χ0n) is 12.2. The summed E-state index contributed by atoms with van der Waals surface area (Å²) in [5.41, 5.74) is 0.760. The van der Waals surface area contributed by atoms with Gasteiger partial charge in [0.05, 0.1) is 5.02 Å². The van der Waals surface area contributed by atoms with Crippen molar-refractivity contribution < 1.29 is 4.39 Å². The van der Waals surface area contributed by atoms with E-state index >= 15 is 0 Å². The second-order valence-corrected chi connectivity index (χ2v) is 5.85. The third-order valence-electron chi connectivity index (χ3n) is 4.01. The molecule has 1 aliphatic heterocycles. The second-order valence-electron chi connectivity index (χ2n) is 5.44. The monoisotopic (exact) mass is 298 g/mol. The minimum Gasteiger partial charge on any atom is -0.314 e. The third-order valence-corrected chi connectivity index (χ3v) is 4.31. The van der Waals surface area contributed by atoms with Crippen molar-refractivity contribution in [3.63, 3.8) is 0 Å². The van der Waals surface area contributed by atoms with Crippen molar-refractivity contribution in [1.29, 1.82) is 0 Å². The van der Waals surface area contributed by atoms with Crippen molar-refractivity contribution in [3.8, 4) is 0 Å². The van der Waals surface area contributed by atoms with Crippen LogP contribution in [0.15, 0.2) is 18.2 Å². The van der Waals surface area contributed by atoms with E-state index in [0.717, 1.165) is 44.6 Å². The quantitative estimate of drug-likeness (QED) is 0.799. The highest BCUT2D eigenvalue weighted by atomic mass is 35.5. The van der Waals surface area contributed by atoms with E-state index in [2.05, 4.69) is 17.1 Å². The molecular weight excluding hydrogens is 275 g/mol. The lowest BCUT2D eigenvalue weighted by Crippen LogP contribution is -2.45. The van der Waals surface area contributed by atoms with E-state index in [-0.39, 0.29) is 16.9 Å². The van der Waals surface area contributed by atoms with E-state index in [1.54, 1.807) is 6.07 Å². The summed E-state index contributed by atoms with van der Waals surface area (Å²) in [6.45, 7) is 6.10. The molecule has 0 aromatic heterocycles. The maximum absolute atomic E-state index is 14.3. The summed E-state index contributed by atoms with van der Waals surface area (Å²) >= 11 is 5.95. The molecule has 0 saturated carbocycles. The van der Waals surface area contributed by atoms with Crippen molar-refractivity contribution >= 4 is 11.6 Å². The fraction of sp³-hybridized carbons (Fsp3) is 0.625. The Kier molecular flexibility index (Phi) is 6.27. The molecule has 1 aromatic carbocycles. The smallest absolute Gasteiger partial charge is 0.146 e. The molecule has 1 aliphatic rings. The number of halogens is 2. The zero-order chi connectivity index (χ0) is 14.4. The Morgan fingerprint density at radius 2 is 2.05 bits per heavy atom. The first-order valence-corrected chi connectivity index (χ1v) is 8.00. The number of nitrogens with one attached hydrogen (secondary N) is 1. The van der Waals surface area contributed by atoms with Gasteiger partial charge in [-0.15, -0.1) is 0 Å². The van der Waals surface area contributed by atoms with Crippen LogP contribution in [0.1, 0.15) is 44.2 Å². The van der Waals surface area contributed by atoms with Gasteiger partial charge in [0.25, 0.3) is 0 Å². The van der Waals surface area contributed by atoms with Gasteiger partial charge in [0, 0.05) is 37.8 Å². The second kappa shape index (κ2) is 7.96. The molecule has 1 saturated heterocycles. The lowest BCUT2D eigenvalue weighted by atomic mass is 9.97. The van der Waals surface area contributed by atoms with Gasteiger partial charge in [-0.1, -0.05) is 49.9 Å². The van der Waals surface area contributed by atoms with Crippen LogP contribution in [0, 0.1) is 5.82 Å². The van der Waals surface area contributed by atoms with E-state index in [4.69, 9.17) is 11.6 Å². The molecule has 4 heteroatoms. The van der Waals surface area contributed by atoms with Gasteiger partial charge in [-0.2, -0.15) is 0 Å². The van der Waals surface area contributed by atoms with Gasteiger partial charge in [-0.25, -0.2) is 4.39 Å². The van der Waals surface area contributed by atoms with Gasteiger partial charge in [-0.05, 0) is 12.5 Å². The Balaban J connectivity index is 2.17. The molecule has 1 fully saturated rings. The highest BCUT2D eigenvalue weighted by molar-refractivity contribution is 6.30. The summed E-state index contributed by atoms with van der Waals surface area (Å²) in [6.07, 6.45) is 4.53. The minimum absolute atomic E-state index is 0.155. The van der Waals surface area contributed by atoms with Crippen LogP contribution < -0.4 is 5.32 Å². The van der Waals surface area contributed by atoms with Crippen molar-refractivity contribution in [2.24, 2.45) is 0 Å². The zero-order valence-corrected chi connectivity index (χ0v) is 12.9. The molecule has 2 rings (SSSR count). The van der Waals surface area contributed by atoms with E-state index < -0.39 is 0 Å². The van der Waals surface area contributed by atoms with Crippen molar-refractivity contribution in [2.45, 2.75) is 38.6 Å². The van der Waals surface area contributed by atoms with Crippen molar-refractivity contribution in [3.05, 3.63) is 34.6 Å². The first kappa shape index (κ1) is 15.7. The van der Waals surface area contributed by atoms with Gasteiger partial charge >= 0.3 is 0 Å². The number of benzene rings is 1. The summed E-state index contributed by atoms with van der Waals surface area (Å²) in [4.78, 5) is 2.39. The lowest BCUT2D eigenvalue weighted by Gasteiger charge is -2.35. The van der Waals surface area contributed by atoms with E-state index in [1.165, 1.54) is 12.8 Å². The van der Waals surface area contributed by atoms with E-state index in [1.807, 2.05) is 12.1 Å². The van der Waals surface area contributed by atoms with Gasteiger partial charge in [-0.3, -0.25) is 4.90 Å². The van der Waals surface area contributed by atoms with E-state index in [9.17, 15) is 4.39 Å². The first-order chi connectivity index (χ1) is 9.74. The van der Waals surface area contributed by atoms with Gasteiger partial charge < -0.3 is 5.32 Å². The van der Waals surface area contributed by atoms with Crippen LogP contribution in [0.5, 0.6) is 0 Å². The molecule has 0 amide bonds. The number of hydrogen-bond donors (Lipinski definition) is 1. The summed E-state index contributed by atoms with van der Waals surface area (Å²) in [5.74, 6) is -0.241. The standard InChI is InChI=1S/C16H24ClFN2/c1-2-3-4-8-15(20-11-9-19-10-12-20)13-6-5-7-14(17)16(13)18/h5-7,15,19H,2-4,8-12H2,1H3/t15-/m0/s1. The highest BCUT2D eigenvalue weighted by Gasteiger charge is 2.24. The van der Waals surface area contributed by atoms with Gasteiger partial charge in [0.2, 0.25) is 0 Å². The fourth-order valence-corrected chi connectivity index (χ4v) is 3.08. The van der Waals surface area contributed by atoms with Gasteiger partial charge in [0.15, 0.2) is 0 Å². The van der Waals surface area contributed by atoms with Crippen molar-refractivity contribution in [2.75, 3.05) is 26.2 Å². The summed E-state index contributed by atoms with van der Waals surface area (Å²) in [5, 5.41) is 3.59. The Labute approximate surface area is 126 Å². The van der Waals surface area contributed by atoms with Crippen LogP contribution >= 0.6 is 11.6 Å². The molecule has 0 radical (unpaired) electrons. The van der Waals surface area contributed by atoms with Crippen LogP contribution in [0.2, 0.25) is 5.02 Å². The molecular formula is C16H24ClFN2. The predicted molar refractivity (Wildman–Crippen MR) is 82.7 cm³/mol. The van der Waals surface area contributed by atoms with E-state index in [0.29, 0.717) is 0 Å². The van der Waals surface area contributed by atoms with Crippen LogP contribution in [-0.4, -0.2) is 31.1 Å². The SMILES string of the molecule is CCCCC[C@@H](c1cccc(Cl)c1F)N1CCNCC1. The third kappa shape index (κ3) is 3.94. The minimum atomic E-state index is -0.241. The number of unbranched alkanes of at least 4 members (excludes halogenated alkanes) is 2. The Morgan fingerprint density at radius 1 is 1.30 bits per heavy atom. The average molecular weight is 299 g/mol. The molecule has 0 aliphatic carbocycles. The lowest BCUT2D eigenvalue weighted by molar-refractivity contribution is 0.159. The topological polar surface area (TPSA) is 15.3 Å². The predicted octanol–water partition coefficient (Wildman–Crippen LogP) is 4.01. The normalized spacial score (nSPS) is 18.1. The molecule has 1 heterocycles. The molecule has 2 nitrogen and oxygen atoms in total. The van der Waals surface area contributed by atoms with Crippen LogP contribution in [0.4, 0.5) is 4.39 Å². The maximum Gasteiger partial charge on any atom is 0.146 e. The average Bonchev–Trinajstić information content (AvgIpc) is 2.48. The summed E-state index contributed by atoms with van der Waals surface area (Å²) in [7, 11) is 0. The number of nitrogens with zero attached hydrogens (tertiary/aromatic N) is 1. The van der Waals surface area contributed by atoms with Crippen LogP contribution in [-0.2, 0) is 0 Å². The molecule has 1 aromatic rings. The van der Waals surface area contributed by atoms with Crippen LogP contribution in [0.25, 0.3) is 0 Å². The number of piperazine rings is 1. The van der Waals surface area contributed by atoms with Gasteiger partial charge in [0.1, 0.15) is 5.82 Å². The Bertz CT molecular complexity index is 419. The molecule has 20 heavy (non-hydrogen) atoms. The molecule has 112 valence electrons. The maximum atomic E-state index is 14.3. The number of rotatable bonds is 6. The fourth-order valence-electron chi connectivity index (χ4n) is 2.89. The molecule has 1 atom stereocenters. The molecule has 0 unspecified atom stereocenters.